The number of hydrogen-bond donors (Lipinski definition) is 1. The Morgan fingerprint density at radius 1 is 1.33 bits per heavy atom. The fourth-order valence-corrected chi connectivity index (χ4v) is 2.13. The fourth-order valence-electron chi connectivity index (χ4n) is 2.13. The van der Waals surface area contributed by atoms with E-state index in [0.29, 0.717) is 5.92 Å². The first-order chi connectivity index (χ1) is 8.77. The monoisotopic (exact) mass is 250 g/mol. The van der Waals surface area contributed by atoms with Crippen molar-refractivity contribution in [2.75, 3.05) is 13.6 Å². The van der Waals surface area contributed by atoms with E-state index in [4.69, 9.17) is 4.84 Å². The third-order valence-corrected chi connectivity index (χ3v) is 3.22. The van der Waals surface area contributed by atoms with Crippen molar-refractivity contribution in [2.45, 2.75) is 32.3 Å². The molecule has 0 fully saturated rings. The minimum Gasteiger partial charge on any atom is -0.361 e. The Kier molecular flexibility index (Phi) is 7.03. The van der Waals surface area contributed by atoms with E-state index >= 15 is 0 Å². The molecule has 0 radical (unpaired) electrons. The average Bonchev–Trinajstić information content (AvgIpc) is 2.39. The number of nitrogens with one attached hydrogen (secondary N) is 1. The van der Waals surface area contributed by atoms with Crippen molar-refractivity contribution in [2.24, 2.45) is 11.3 Å². The first-order valence-electron chi connectivity index (χ1n) is 6.45. The van der Waals surface area contributed by atoms with Gasteiger partial charge in [-0.3, -0.25) is 0 Å². The summed E-state index contributed by atoms with van der Waals surface area (Å²) in [5.74, 6) is 0.316. The molecule has 0 aliphatic carbocycles. The molecule has 0 amide bonds. The van der Waals surface area contributed by atoms with E-state index in [1.807, 2.05) is 20.0 Å². The van der Waals surface area contributed by atoms with Gasteiger partial charge in [0.15, 0.2) is 5.34 Å². The van der Waals surface area contributed by atoms with E-state index in [1.54, 1.807) is 0 Å². The second-order valence-electron chi connectivity index (χ2n) is 4.58. The summed E-state index contributed by atoms with van der Waals surface area (Å²) < 4.78 is 0. The van der Waals surface area contributed by atoms with Gasteiger partial charge in [0.1, 0.15) is 6.10 Å². The third kappa shape index (κ3) is 5.27. The normalized spacial score (nSPS) is 13.9. The van der Waals surface area contributed by atoms with E-state index in [9.17, 15) is 4.91 Å². The van der Waals surface area contributed by atoms with Crippen LogP contribution >= 0.6 is 0 Å². The van der Waals surface area contributed by atoms with Crippen LogP contribution in [0.3, 0.4) is 0 Å². The van der Waals surface area contributed by atoms with Crippen LogP contribution in [0.15, 0.2) is 35.7 Å². The summed E-state index contributed by atoms with van der Waals surface area (Å²) in [6, 6.07) is 10.4. The van der Waals surface area contributed by atoms with Crippen molar-refractivity contribution in [3.63, 3.8) is 0 Å². The highest BCUT2D eigenvalue weighted by Gasteiger charge is 2.18. The van der Waals surface area contributed by atoms with Crippen molar-refractivity contribution in [3.8, 4) is 0 Å². The Bertz CT molecular complexity index is 330. The molecular weight excluding hydrogens is 228 g/mol. The summed E-state index contributed by atoms with van der Waals surface area (Å²) in [7, 11) is 1.91. The molecule has 2 atom stereocenters. The van der Waals surface area contributed by atoms with Gasteiger partial charge in [0.05, 0.1) is 0 Å². The molecule has 0 bridgehead atoms. The smallest absolute Gasteiger partial charge is 0.155 e. The maximum atomic E-state index is 10.1. The molecule has 0 aliphatic rings. The molecule has 18 heavy (non-hydrogen) atoms. The van der Waals surface area contributed by atoms with Crippen molar-refractivity contribution in [3.05, 3.63) is 40.8 Å². The summed E-state index contributed by atoms with van der Waals surface area (Å²) in [5.41, 5.74) is 1.35. The van der Waals surface area contributed by atoms with Crippen molar-refractivity contribution >= 4 is 0 Å². The molecule has 1 rings (SSSR count). The minimum atomic E-state index is -0.134. The van der Waals surface area contributed by atoms with Gasteiger partial charge in [-0.05, 0) is 38.8 Å². The first kappa shape index (κ1) is 14.6. The fraction of sp³-hybridized carbons (Fsp3) is 0.571. The molecule has 0 saturated heterocycles. The van der Waals surface area contributed by atoms with E-state index in [-0.39, 0.29) is 6.10 Å². The zero-order chi connectivity index (χ0) is 13.2. The van der Waals surface area contributed by atoms with E-state index in [0.717, 1.165) is 25.8 Å². The third-order valence-electron chi connectivity index (χ3n) is 3.22. The van der Waals surface area contributed by atoms with Gasteiger partial charge in [-0.25, -0.2) is 0 Å². The highest BCUT2D eigenvalue weighted by atomic mass is 16.7. The Hall–Kier alpha value is -1.42. The maximum absolute atomic E-state index is 10.1. The SMILES string of the molecule is CNCC(CCCc1ccccc1)C(C)ON=O. The molecule has 0 aromatic heterocycles. The average molecular weight is 250 g/mol. The molecule has 2 unspecified atom stereocenters. The van der Waals surface area contributed by atoms with E-state index in [1.165, 1.54) is 5.56 Å². The van der Waals surface area contributed by atoms with Crippen LogP contribution in [0, 0.1) is 10.8 Å². The van der Waals surface area contributed by atoms with Gasteiger partial charge in [0, 0.05) is 12.5 Å². The van der Waals surface area contributed by atoms with Crippen LogP contribution in [0.1, 0.15) is 25.3 Å². The molecule has 0 aliphatic heterocycles. The van der Waals surface area contributed by atoms with Crippen LogP contribution in [-0.2, 0) is 11.3 Å². The molecule has 1 N–H and O–H groups in total. The molecular formula is C14H22N2O2. The largest absolute Gasteiger partial charge is 0.361 e. The van der Waals surface area contributed by atoms with Gasteiger partial charge in [-0.2, -0.15) is 0 Å². The first-order valence-corrected chi connectivity index (χ1v) is 6.45. The van der Waals surface area contributed by atoms with Crippen LogP contribution in [-0.4, -0.2) is 19.7 Å². The Morgan fingerprint density at radius 3 is 2.67 bits per heavy atom. The number of aryl methyl sites for hydroxylation is 1. The molecule has 0 spiro atoms. The summed E-state index contributed by atoms with van der Waals surface area (Å²) in [4.78, 5) is 14.9. The van der Waals surface area contributed by atoms with Gasteiger partial charge in [0.2, 0.25) is 0 Å². The van der Waals surface area contributed by atoms with E-state index in [2.05, 4.69) is 34.9 Å². The predicted octanol–water partition coefficient (Wildman–Crippen LogP) is 2.93. The van der Waals surface area contributed by atoms with Crippen molar-refractivity contribution in [1.29, 1.82) is 0 Å². The van der Waals surface area contributed by atoms with Gasteiger partial charge < -0.3 is 10.2 Å². The van der Waals surface area contributed by atoms with Gasteiger partial charge in [-0.1, -0.05) is 30.3 Å². The summed E-state index contributed by atoms with van der Waals surface area (Å²) in [6.45, 7) is 2.73. The quantitative estimate of drug-likeness (QED) is 0.541. The topological polar surface area (TPSA) is 50.7 Å². The van der Waals surface area contributed by atoms with Gasteiger partial charge in [0.25, 0.3) is 0 Å². The highest BCUT2D eigenvalue weighted by molar-refractivity contribution is 5.14. The standard InChI is InChI=1S/C14H22N2O2/c1-12(18-16-17)14(11-15-2)10-6-9-13-7-4-3-5-8-13/h3-5,7-8,12,14-15H,6,9-11H2,1-2H3. The lowest BCUT2D eigenvalue weighted by Gasteiger charge is -2.20. The molecule has 100 valence electrons. The number of benzene rings is 1. The summed E-state index contributed by atoms with van der Waals surface area (Å²) >= 11 is 0. The van der Waals surface area contributed by atoms with Crippen LogP contribution in [0.2, 0.25) is 0 Å². The van der Waals surface area contributed by atoms with Crippen LogP contribution in [0.4, 0.5) is 0 Å². The van der Waals surface area contributed by atoms with Crippen LogP contribution < -0.4 is 5.32 Å². The highest BCUT2D eigenvalue weighted by Crippen LogP contribution is 2.16. The van der Waals surface area contributed by atoms with Crippen molar-refractivity contribution < 1.29 is 4.84 Å². The number of hydrogen-bond acceptors (Lipinski definition) is 4. The second-order valence-corrected chi connectivity index (χ2v) is 4.58. The molecule has 4 heteroatoms. The maximum Gasteiger partial charge on any atom is 0.155 e. The lowest BCUT2D eigenvalue weighted by atomic mass is 9.95. The molecule has 4 nitrogen and oxygen atoms in total. The van der Waals surface area contributed by atoms with Crippen LogP contribution in [0.25, 0.3) is 0 Å². The Morgan fingerprint density at radius 2 is 2.06 bits per heavy atom. The second kappa shape index (κ2) is 8.64. The predicted molar refractivity (Wildman–Crippen MR) is 73.1 cm³/mol. The van der Waals surface area contributed by atoms with Crippen molar-refractivity contribution in [1.82, 2.24) is 5.32 Å². The molecule has 0 saturated carbocycles. The molecule has 1 aromatic rings. The summed E-state index contributed by atoms with van der Waals surface area (Å²) in [6.07, 6.45) is 3.03. The Labute approximate surface area is 109 Å². The summed E-state index contributed by atoms with van der Waals surface area (Å²) in [5, 5.41) is 5.66. The van der Waals surface area contributed by atoms with E-state index < -0.39 is 0 Å². The van der Waals surface area contributed by atoms with Crippen LogP contribution in [0.5, 0.6) is 0 Å². The zero-order valence-corrected chi connectivity index (χ0v) is 11.1. The van der Waals surface area contributed by atoms with Gasteiger partial charge in [-0.15, -0.1) is 4.91 Å². The number of nitrogens with zero attached hydrogens (tertiary/aromatic N) is 1. The Balaban J connectivity index is 2.35. The number of rotatable bonds is 9. The lowest BCUT2D eigenvalue weighted by molar-refractivity contribution is 0.0231. The molecule has 0 heterocycles. The van der Waals surface area contributed by atoms with Gasteiger partial charge >= 0.3 is 0 Å². The zero-order valence-electron chi connectivity index (χ0n) is 11.1. The lowest BCUT2D eigenvalue weighted by Crippen LogP contribution is -2.29. The molecule has 1 aromatic carbocycles. The minimum absolute atomic E-state index is 0.134.